The molecule has 1 aliphatic carbocycles. The van der Waals surface area contributed by atoms with Crippen LogP contribution < -0.4 is 0 Å². The van der Waals surface area contributed by atoms with Crippen LogP contribution in [0.1, 0.15) is 25.7 Å². The van der Waals surface area contributed by atoms with Gasteiger partial charge in [0.25, 0.3) is 5.22 Å². The second kappa shape index (κ2) is 5.97. The molecule has 0 N–H and O–H groups in total. The molecule has 1 atom stereocenters. The summed E-state index contributed by atoms with van der Waals surface area (Å²) in [4.78, 5) is 11.8. The minimum atomic E-state index is -0.0396. The Kier molecular flexibility index (Phi) is 4.08. The number of hydrogen-bond acceptors (Lipinski definition) is 5. The van der Waals surface area contributed by atoms with Gasteiger partial charge in [-0.2, -0.15) is 0 Å². The number of nitrogens with zero attached hydrogens (tertiary/aromatic N) is 2. The van der Waals surface area contributed by atoms with Crippen molar-refractivity contribution in [2.24, 2.45) is 0 Å². The number of aromatic nitrogens is 2. The van der Waals surface area contributed by atoms with Crippen molar-refractivity contribution < 1.29 is 9.21 Å². The van der Waals surface area contributed by atoms with Crippen LogP contribution in [-0.2, 0) is 4.79 Å². The monoisotopic (exact) mass is 308 g/mol. The van der Waals surface area contributed by atoms with Crippen LogP contribution in [0.2, 0.25) is 5.02 Å². The van der Waals surface area contributed by atoms with Crippen LogP contribution in [0.25, 0.3) is 11.5 Å². The number of benzene rings is 1. The van der Waals surface area contributed by atoms with Gasteiger partial charge in [-0.3, -0.25) is 4.79 Å². The van der Waals surface area contributed by atoms with Gasteiger partial charge in [0, 0.05) is 17.0 Å². The van der Waals surface area contributed by atoms with Crippen molar-refractivity contribution in [3.05, 3.63) is 29.3 Å². The Morgan fingerprint density at radius 2 is 2.00 bits per heavy atom. The van der Waals surface area contributed by atoms with E-state index in [0.29, 0.717) is 22.6 Å². The van der Waals surface area contributed by atoms with E-state index in [1.165, 1.54) is 11.8 Å². The molecule has 0 spiro atoms. The molecule has 1 saturated carbocycles. The van der Waals surface area contributed by atoms with Crippen molar-refractivity contribution >= 4 is 29.1 Å². The van der Waals surface area contributed by atoms with Gasteiger partial charge < -0.3 is 4.42 Å². The number of carbonyl (C=O) groups is 1. The molecular formula is C14H13ClN2O2S. The third-order valence-electron chi connectivity index (χ3n) is 3.24. The highest BCUT2D eigenvalue weighted by Crippen LogP contribution is 2.32. The molecule has 0 bridgehead atoms. The topological polar surface area (TPSA) is 56.0 Å². The molecule has 20 heavy (non-hydrogen) atoms. The fourth-order valence-corrected chi connectivity index (χ4v) is 3.28. The molecule has 0 saturated heterocycles. The average Bonchev–Trinajstić information content (AvgIpc) is 2.91. The Bertz CT molecular complexity index is 612. The quantitative estimate of drug-likeness (QED) is 0.858. The number of halogens is 1. The minimum Gasteiger partial charge on any atom is -0.411 e. The van der Waals surface area contributed by atoms with Crippen LogP contribution in [0, 0.1) is 0 Å². The zero-order chi connectivity index (χ0) is 13.9. The van der Waals surface area contributed by atoms with Crippen molar-refractivity contribution in [1.29, 1.82) is 0 Å². The van der Waals surface area contributed by atoms with E-state index in [1.54, 1.807) is 12.1 Å². The first-order chi connectivity index (χ1) is 9.72. The minimum absolute atomic E-state index is 0.0396. The Hall–Kier alpha value is -1.33. The fraction of sp³-hybridized carbons (Fsp3) is 0.357. The molecule has 3 rings (SSSR count). The molecule has 0 amide bonds. The third kappa shape index (κ3) is 3.04. The maximum absolute atomic E-state index is 11.8. The van der Waals surface area contributed by atoms with Crippen molar-refractivity contribution in [2.45, 2.75) is 36.2 Å². The number of thioether (sulfide) groups is 1. The van der Waals surface area contributed by atoms with E-state index >= 15 is 0 Å². The lowest BCUT2D eigenvalue weighted by Crippen LogP contribution is -2.21. The first-order valence-corrected chi connectivity index (χ1v) is 7.77. The Labute approximate surface area is 125 Å². The first-order valence-electron chi connectivity index (χ1n) is 6.51. The lowest BCUT2D eigenvalue weighted by Gasteiger charge is -2.17. The van der Waals surface area contributed by atoms with E-state index in [0.717, 1.165) is 24.8 Å². The second-order valence-corrected chi connectivity index (χ2v) is 6.29. The van der Waals surface area contributed by atoms with Crippen molar-refractivity contribution in [1.82, 2.24) is 10.2 Å². The molecule has 0 unspecified atom stereocenters. The summed E-state index contributed by atoms with van der Waals surface area (Å²) in [5.74, 6) is 0.736. The van der Waals surface area contributed by atoms with Gasteiger partial charge in [0.05, 0.1) is 5.25 Å². The van der Waals surface area contributed by atoms with Crippen LogP contribution in [0.5, 0.6) is 0 Å². The van der Waals surface area contributed by atoms with E-state index in [1.807, 2.05) is 12.1 Å². The summed E-state index contributed by atoms with van der Waals surface area (Å²) in [6.45, 7) is 0. The van der Waals surface area contributed by atoms with Gasteiger partial charge in [-0.1, -0.05) is 29.8 Å². The van der Waals surface area contributed by atoms with Gasteiger partial charge in [-0.15, -0.1) is 10.2 Å². The normalized spacial score (nSPS) is 19.2. The Morgan fingerprint density at radius 3 is 2.75 bits per heavy atom. The number of rotatable bonds is 3. The van der Waals surface area contributed by atoms with Gasteiger partial charge in [0.15, 0.2) is 0 Å². The summed E-state index contributed by atoms with van der Waals surface area (Å²) in [7, 11) is 0. The first kappa shape index (κ1) is 13.6. The van der Waals surface area contributed by atoms with Crippen molar-refractivity contribution in [2.75, 3.05) is 0 Å². The smallest absolute Gasteiger partial charge is 0.277 e. The van der Waals surface area contributed by atoms with Gasteiger partial charge in [-0.05, 0) is 37.1 Å². The average molecular weight is 309 g/mol. The summed E-state index contributed by atoms with van der Waals surface area (Å²) >= 11 is 7.22. The molecule has 1 aromatic carbocycles. The molecular weight excluding hydrogens is 296 g/mol. The summed E-state index contributed by atoms with van der Waals surface area (Å²) in [6, 6.07) is 7.21. The van der Waals surface area contributed by atoms with Gasteiger partial charge in [-0.25, -0.2) is 0 Å². The Balaban J connectivity index is 1.73. The van der Waals surface area contributed by atoms with Crippen molar-refractivity contribution in [3.63, 3.8) is 0 Å². The molecule has 4 nitrogen and oxygen atoms in total. The zero-order valence-corrected chi connectivity index (χ0v) is 12.3. The standard InChI is InChI=1S/C14H13ClN2O2S/c15-10-7-5-9(6-8-10)13-16-17-14(19-13)20-12-4-2-1-3-11(12)18/h5-8,12H,1-4H2/t12-/m1/s1. The highest BCUT2D eigenvalue weighted by molar-refractivity contribution is 8.00. The Morgan fingerprint density at radius 1 is 1.20 bits per heavy atom. The third-order valence-corrected chi connectivity index (χ3v) is 4.64. The highest BCUT2D eigenvalue weighted by Gasteiger charge is 2.25. The van der Waals surface area contributed by atoms with E-state index in [-0.39, 0.29) is 11.0 Å². The van der Waals surface area contributed by atoms with Gasteiger partial charge >= 0.3 is 0 Å². The summed E-state index contributed by atoms with van der Waals surface area (Å²) in [5.41, 5.74) is 0.823. The van der Waals surface area contributed by atoms with Crippen LogP contribution in [0.4, 0.5) is 0 Å². The largest absolute Gasteiger partial charge is 0.411 e. The van der Waals surface area contributed by atoms with Crippen LogP contribution >= 0.6 is 23.4 Å². The van der Waals surface area contributed by atoms with Crippen molar-refractivity contribution in [3.8, 4) is 11.5 Å². The van der Waals surface area contributed by atoms with Crippen LogP contribution in [0.3, 0.4) is 0 Å². The summed E-state index contributed by atoms with van der Waals surface area (Å²) < 4.78 is 5.61. The van der Waals surface area contributed by atoms with Gasteiger partial charge in [0.2, 0.25) is 5.89 Å². The summed E-state index contributed by atoms with van der Waals surface area (Å²) in [6.07, 6.45) is 3.63. The highest BCUT2D eigenvalue weighted by atomic mass is 35.5. The molecule has 6 heteroatoms. The predicted molar refractivity (Wildman–Crippen MR) is 77.9 cm³/mol. The number of carbonyl (C=O) groups excluding carboxylic acids is 1. The maximum Gasteiger partial charge on any atom is 0.277 e. The molecule has 2 aromatic rings. The molecule has 104 valence electrons. The second-order valence-electron chi connectivity index (χ2n) is 4.70. The molecule has 1 heterocycles. The zero-order valence-electron chi connectivity index (χ0n) is 10.7. The maximum atomic E-state index is 11.8. The molecule has 0 aliphatic heterocycles. The lowest BCUT2D eigenvalue weighted by molar-refractivity contribution is -0.119. The SMILES string of the molecule is O=C1CCCC[C@H]1Sc1nnc(-c2ccc(Cl)cc2)o1. The molecule has 1 aromatic heterocycles. The number of hydrogen-bond donors (Lipinski definition) is 0. The van der Waals surface area contributed by atoms with Crippen LogP contribution in [0.15, 0.2) is 33.9 Å². The van der Waals surface area contributed by atoms with Gasteiger partial charge in [0.1, 0.15) is 5.78 Å². The molecule has 0 radical (unpaired) electrons. The molecule has 1 aliphatic rings. The fourth-order valence-electron chi connectivity index (χ4n) is 2.16. The summed E-state index contributed by atoms with van der Waals surface area (Å²) in [5, 5.41) is 9.10. The van der Waals surface area contributed by atoms with E-state index in [2.05, 4.69) is 10.2 Å². The van der Waals surface area contributed by atoms with Crippen LogP contribution in [-0.4, -0.2) is 21.2 Å². The van der Waals surface area contributed by atoms with E-state index in [9.17, 15) is 4.79 Å². The molecule has 1 fully saturated rings. The van der Waals surface area contributed by atoms with E-state index < -0.39 is 0 Å². The lowest BCUT2D eigenvalue weighted by atomic mass is 9.99. The predicted octanol–water partition coefficient (Wildman–Crippen LogP) is 3.99. The number of Topliss-reactive ketones (excluding diaryl/α,β-unsaturated/α-hetero) is 1. The number of ketones is 1. The van der Waals surface area contributed by atoms with E-state index in [4.69, 9.17) is 16.0 Å².